The Morgan fingerprint density at radius 1 is 1.14 bits per heavy atom. The molecule has 0 saturated carbocycles. The molecule has 1 aliphatic carbocycles. The predicted octanol–water partition coefficient (Wildman–Crippen LogP) is 3.95. The molecule has 1 unspecified atom stereocenters. The molecule has 0 fully saturated rings. The second-order valence-electron chi connectivity index (χ2n) is 5.86. The summed E-state index contributed by atoms with van der Waals surface area (Å²) in [7, 11) is 0. The van der Waals surface area contributed by atoms with Crippen LogP contribution in [0.2, 0.25) is 0 Å². The van der Waals surface area contributed by atoms with Gasteiger partial charge in [-0.15, -0.1) is 0 Å². The van der Waals surface area contributed by atoms with E-state index in [9.17, 15) is 4.79 Å². The zero-order chi connectivity index (χ0) is 15.7. The summed E-state index contributed by atoms with van der Waals surface area (Å²) >= 11 is 1.51. The minimum atomic E-state index is -0.145. The molecule has 3 rings (SSSR count). The SMILES string of the molecule is Cc1cc(SC(C)C(=O)c2ccc3c(c2)CCC3)nc(C)n1. The Hall–Kier alpha value is -1.68. The highest BCUT2D eigenvalue weighted by Gasteiger charge is 2.20. The van der Waals surface area contributed by atoms with Crippen molar-refractivity contribution in [2.75, 3.05) is 0 Å². The molecule has 0 spiro atoms. The van der Waals surface area contributed by atoms with E-state index in [1.54, 1.807) is 0 Å². The monoisotopic (exact) mass is 312 g/mol. The predicted molar refractivity (Wildman–Crippen MR) is 89.6 cm³/mol. The van der Waals surface area contributed by atoms with Crippen molar-refractivity contribution in [3.05, 3.63) is 52.5 Å². The quantitative estimate of drug-likeness (QED) is 0.487. The Balaban J connectivity index is 1.76. The molecule has 0 saturated heterocycles. The number of fused-ring (bicyclic) bond motifs is 1. The first kappa shape index (κ1) is 15.2. The molecule has 0 radical (unpaired) electrons. The third-order valence-electron chi connectivity index (χ3n) is 3.99. The fraction of sp³-hybridized carbons (Fsp3) is 0.389. The van der Waals surface area contributed by atoms with Gasteiger partial charge in [-0.2, -0.15) is 0 Å². The van der Waals surface area contributed by atoms with Crippen LogP contribution in [0.5, 0.6) is 0 Å². The van der Waals surface area contributed by atoms with E-state index in [0.29, 0.717) is 0 Å². The number of carbonyl (C=O) groups excluding carboxylic acids is 1. The molecular weight excluding hydrogens is 292 g/mol. The van der Waals surface area contributed by atoms with Crippen molar-refractivity contribution < 1.29 is 4.79 Å². The number of hydrogen-bond acceptors (Lipinski definition) is 4. The van der Waals surface area contributed by atoms with Crippen LogP contribution in [0.1, 0.15) is 46.3 Å². The van der Waals surface area contributed by atoms with Crippen molar-refractivity contribution in [2.45, 2.75) is 50.3 Å². The summed E-state index contributed by atoms with van der Waals surface area (Å²) in [4.78, 5) is 21.3. The van der Waals surface area contributed by atoms with Gasteiger partial charge >= 0.3 is 0 Å². The van der Waals surface area contributed by atoms with Gasteiger partial charge < -0.3 is 0 Å². The molecule has 0 aliphatic heterocycles. The average Bonchev–Trinajstić information content (AvgIpc) is 2.92. The standard InChI is InChI=1S/C18H20N2OS/c1-11-9-17(20-13(3)19-11)22-12(2)18(21)16-8-7-14-5-4-6-15(14)10-16/h7-10,12H,4-6H2,1-3H3. The number of Topliss-reactive ketones (excluding diaryl/α,β-unsaturated/α-hetero) is 1. The molecule has 1 atom stereocenters. The van der Waals surface area contributed by atoms with Gasteiger partial charge in [-0.3, -0.25) is 4.79 Å². The minimum Gasteiger partial charge on any atom is -0.293 e. The van der Waals surface area contributed by atoms with Gasteiger partial charge in [0, 0.05) is 11.3 Å². The Kier molecular flexibility index (Phi) is 4.30. The maximum absolute atomic E-state index is 12.7. The molecule has 1 aromatic heterocycles. The van der Waals surface area contributed by atoms with Gasteiger partial charge in [0.25, 0.3) is 0 Å². The maximum Gasteiger partial charge on any atom is 0.175 e. The van der Waals surface area contributed by atoms with Gasteiger partial charge in [-0.05, 0) is 63.3 Å². The lowest BCUT2D eigenvalue weighted by Gasteiger charge is -2.11. The van der Waals surface area contributed by atoms with Crippen molar-refractivity contribution >= 4 is 17.5 Å². The maximum atomic E-state index is 12.7. The van der Waals surface area contributed by atoms with Crippen LogP contribution < -0.4 is 0 Å². The van der Waals surface area contributed by atoms with Crippen molar-refractivity contribution in [1.29, 1.82) is 0 Å². The molecule has 0 bridgehead atoms. The van der Waals surface area contributed by atoms with E-state index >= 15 is 0 Å². The highest BCUT2D eigenvalue weighted by molar-refractivity contribution is 8.00. The number of aromatic nitrogens is 2. The molecule has 0 N–H and O–H groups in total. The van der Waals surface area contributed by atoms with Crippen LogP contribution in [0.15, 0.2) is 29.3 Å². The van der Waals surface area contributed by atoms with Crippen LogP contribution >= 0.6 is 11.8 Å². The van der Waals surface area contributed by atoms with Crippen LogP contribution in [0.25, 0.3) is 0 Å². The molecule has 4 heteroatoms. The Morgan fingerprint density at radius 2 is 1.91 bits per heavy atom. The van der Waals surface area contributed by atoms with E-state index in [1.807, 2.05) is 32.9 Å². The zero-order valence-corrected chi connectivity index (χ0v) is 14.0. The van der Waals surface area contributed by atoms with E-state index in [1.165, 1.54) is 29.3 Å². The van der Waals surface area contributed by atoms with Crippen LogP contribution in [0.3, 0.4) is 0 Å². The highest BCUT2D eigenvalue weighted by Crippen LogP contribution is 2.27. The number of rotatable bonds is 4. The van der Waals surface area contributed by atoms with Crippen LogP contribution in [-0.4, -0.2) is 21.0 Å². The summed E-state index contributed by atoms with van der Waals surface area (Å²) in [5.74, 6) is 0.924. The number of carbonyl (C=O) groups is 1. The Morgan fingerprint density at radius 3 is 2.68 bits per heavy atom. The van der Waals surface area contributed by atoms with Gasteiger partial charge in [0.15, 0.2) is 5.78 Å². The third kappa shape index (κ3) is 3.22. The fourth-order valence-corrected chi connectivity index (χ4v) is 3.97. The smallest absolute Gasteiger partial charge is 0.175 e. The first-order chi connectivity index (χ1) is 10.5. The molecular formula is C18H20N2OS. The second kappa shape index (κ2) is 6.21. The second-order valence-corrected chi connectivity index (χ2v) is 7.22. The first-order valence-electron chi connectivity index (χ1n) is 7.68. The summed E-state index contributed by atoms with van der Waals surface area (Å²) in [5, 5.41) is 0.722. The van der Waals surface area contributed by atoms with E-state index in [4.69, 9.17) is 0 Å². The number of hydrogen-bond donors (Lipinski definition) is 0. The van der Waals surface area contributed by atoms with Crippen LogP contribution in [-0.2, 0) is 12.8 Å². The molecule has 1 heterocycles. The fourth-order valence-electron chi connectivity index (χ4n) is 2.94. The summed E-state index contributed by atoms with van der Waals surface area (Å²) < 4.78 is 0. The molecule has 0 amide bonds. The van der Waals surface area contributed by atoms with Gasteiger partial charge in [0.05, 0.1) is 5.25 Å². The molecule has 3 nitrogen and oxygen atoms in total. The van der Waals surface area contributed by atoms with Gasteiger partial charge in [0.1, 0.15) is 10.9 Å². The molecule has 114 valence electrons. The largest absolute Gasteiger partial charge is 0.293 e. The lowest BCUT2D eigenvalue weighted by molar-refractivity contribution is 0.0994. The van der Waals surface area contributed by atoms with Crippen LogP contribution in [0.4, 0.5) is 0 Å². The summed E-state index contributed by atoms with van der Waals surface area (Å²) in [6, 6.07) is 8.11. The average molecular weight is 312 g/mol. The normalized spacial score (nSPS) is 14.7. The molecule has 22 heavy (non-hydrogen) atoms. The minimum absolute atomic E-state index is 0.145. The lowest BCUT2D eigenvalue weighted by Crippen LogP contribution is -2.14. The van der Waals surface area contributed by atoms with Crippen molar-refractivity contribution in [3.8, 4) is 0 Å². The third-order valence-corrected chi connectivity index (χ3v) is 5.01. The topological polar surface area (TPSA) is 42.9 Å². The molecule has 1 aromatic carbocycles. The number of nitrogens with zero attached hydrogens (tertiary/aromatic N) is 2. The number of aryl methyl sites for hydroxylation is 4. The number of benzene rings is 1. The number of thioether (sulfide) groups is 1. The highest BCUT2D eigenvalue weighted by atomic mass is 32.2. The van der Waals surface area contributed by atoms with Crippen molar-refractivity contribution in [3.63, 3.8) is 0 Å². The first-order valence-corrected chi connectivity index (χ1v) is 8.56. The van der Waals surface area contributed by atoms with E-state index in [0.717, 1.165) is 34.9 Å². The van der Waals surface area contributed by atoms with Gasteiger partial charge in [0.2, 0.25) is 0 Å². The van der Waals surface area contributed by atoms with E-state index < -0.39 is 0 Å². The van der Waals surface area contributed by atoms with E-state index in [-0.39, 0.29) is 11.0 Å². The van der Waals surface area contributed by atoms with E-state index in [2.05, 4.69) is 22.1 Å². The molecule has 1 aliphatic rings. The Bertz CT molecular complexity index is 707. The summed E-state index contributed by atoms with van der Waals surface area (Å²) in [5.41, 5.74) is 4.51. The van der Waals surface area contributed by atoms with Crippen molar-refractivity contribution in [1.82, 2.24) is 9.97 Å². The van der Waals surface area contributed by atoms with Gasteiger partial charge in [-0.25, -0.2) is 9.97 Å². The summed E-state index contributed by atoms with van der Waals surface area (Å²) in [6.07, 6.45) is 3.45. The zero-order valence-electron chi connectivity index (χ0n) is 13.2. The van der Waals surface area contributed by atoms with Crippen molar-refractivity contribution in [2.24, 2.45) is 0 Å². The van der Waals surface area contributed by atoms with Crippen LogP contribution in [0, 0.1) is 13.8 Å². The lowest BCUT2D eigenvalue weighted by atomic mass is 10.0. The Labute approximate surface area is 135 Å². The molecule has 2 aromatic rings. The number of ketones is 1. The summed E-state index contributed by atoms with van der Waals surface area (Å²) in [6.45, 7) is 5.78. The van der Waals surface area contributed by atoms with Gasteiger partial charge in [-0.1, -0.05) is 23.9 Å².